The largest absolute Gasteiger partial charge is 0.143 e. The van der Waals surface area contributed by atoms with Gasteiger partial charge in [0.2, 0.25) is 0 Å². The van der Waals surface area contributed by atoms with E-state index in [1.54, 1.807) is 0 Å². The van der Waals surface area contributed by atoms with E-state index in [9.17, 15) is 0 Å². The summed E-state index contributed by atoms with van der Waals surface area (Å²) < 4.78 is 0. The molecule has 0 atom stereocenters. The summed E-state index contributed by atoms with van der Waals surface area (Å²) in [4.78, 5) is 1.05. The summed E-state index contributed by atoms with van der Waals surface area (Å²) in [5, 5.41) is 0. The van der Waals surface area contributed by atoms with Crippen molar-refractivity contribution in [3.05, 3.63) is 41.5 Å². The minimum absolute atomic E-state index is 1.02. The molecule has 0 nitrogen and oxygen atoms in total. The Morgan fingerprint density at radius 3 is 2.83 bits per heavy atom. The van der Waals surface area contributed by atoms with Gasteiger partial charge in [-0.05, 0) is 23.6 Å². The molecule has 1 heteroatoms. The van der Waals surface area contributed by atoms with Crippen molar-refractivity contribution in [1.82, 2.24) is 0 Å². The molecule has 1 aliphatic carbocycles. The van der Waals surface area contributed by atoms with E-state index < -0.39 is 0 Å². The van der Waals surface area contributed by atoms with Gasteiger partial charge in [0.05, 0.1) is 0 Å². The number of hydrogen-bond acceptors (Lipinski definition) is 1. The molecule has 1 aromatic carbocycles. The van der Waals surface area contributed by atoms with Gasteiger partial charge >= 0.3 is 0 Å². The van der Waals surface area contributed by atoms with Crippen molar-refractivity contribution >= 4 is 24.8 Å². The quantitative estimate of drug-likeness (QED) is 0.572. The molecule has 0 amide bonds. The van der Waals surface area contributed by atoms with Crippen molar-refractivity contribution < 1.29 is 0 Å². The predicted molar refractivity (Wildman–Crippen MR) is 56.4 cm³/mol. The van der Waals surface area contributed by atoms with Gasteiger partial charge in [-0.1, -0.05) is 36.4 Å². The van der Waals surface area contributed by atoms with Crippen molar-refractivity contribution in [3.63, 3.8) is 0 Å². The lowest BCUT2D eigenvalue weighted by Gasteiger charge is -2.02. The van der Waals surface area contributed by atoms with Gasteiger partial charge in [-0.15, -0.1) is 12.6 Å². The fourth-order valence-electron chi connectivity index (χ4n) is 1.36. The van der Waals surface area contributed by atoms with E-state index in [1.807, 2.05) is 12.1 Å². The molecule has 1 aliphatic rings. The van der Waals surface area contributed by atoms with Crippen molar-refractivity contribution in [3.8, 4) is 0 Å². The van der Waals surface area contributed by atoms with Crippen LogP contribution in [0, 0.1) is 0 Å². The Kier molecular flexibility index (Phi) is 2.05. The van der Waals surface area contributed by atoms with Crippen molar-refractivity contribution in [2.24, 2.45) is 0 Å². The molecule has 0 spiro atoms. The van der Waals surface area contributed by atoms with Gasteiger partial charge in [-0.25, -0.2) is 0 Å². The standard InChI is InChI=1S/C11H10S/c12-11-8-4-6-9-5-2-1-3-7-10(9)11/h2-8,12H,1H2. The normalized spacial score (nSPS) is 14.1. The summed E-state index contributed by atoms with van der Waals surface area (Å²) >= 11 is 4.40. The zero-order chi connectivity index (χ0) is 8.39. The summed E-state index contributed by atoms with van der Waals surface area (Å²) in [6.45, 7) is 0. The topological polar surface area (TPSA) is 0 Å². The van der Waals surface area contributed by atoms with Crippen LogP contribution in [0.25, 0.3) is 12.2 Å². The van der Waals surface area contributed by atoms with Crippen LogP contribution < -0.4 is 0 Å². The van der Waals surface area contributed by atoms with Crippen LogP contribution in [-0.4, -0.2) is 0 Å². The van der Waals surface area contributed by atoms with Gasteiger partial charge in [0.25, 0.3) is 0 Å². The number of thiol groups is 1. The van der Waals surface area contributed by atoms with Crippen LogP contribution >= 0.6 is 12.6 Å². The van der Waals surface area contributed by atoms with Gasteiger partial charge in [0, 0.05) is 4.90 Å². The molecule has 0 fully saturated rings. The second-order valence-corrected chi connectivity index (χ2v) is 3.30. The lowest BCUT2D eigenvalue weighted by atomic mass is 10.1. The highest BCUT2D eigenvalue weighted by Crippen LogP contribution is 2.23. The highest BCUT2D eigenvalue weighted by atomic mass is 32.1. The van der Waals surface area contributed by atoms with Gasteiger partial charge in [-0.3, -0.25) is 0 Å². The first-order valence-corrected chi connectivity index (χ1v) is 4.48. The van der Waals surface area contributed by atoms with Crippen LogP contribution in [-0.2, 0) is 0 Å². The van der Waals surface area contributed by atoms with Gasteiger partial charge < -0.3 is 0 Å². The minimum atomic E-state index is 1.02. The van der Waals surface area contributed by atoms with E-state index in [4.69, 9.17) is 0 Å². The third-order valence-corrected chi connectivity index (χ3v) is 2.36. The SMILES string of the molecule is Sc1cccc2c1C=CCC=C2. The zero-order valence-electron chi connectivity index (χ0n) is 6.70. The third kappa shape index (κ3) is 1.32. The molecule has 0 saturated heterocycles. The highest BCUT2D eigenvalue weighted by Gasteiger charge is 2.00. The van der Waals surface area contributed by atoms with E-state index in [1.165, 1.54) is 11.1 Å². The number of allylic oxidation sites excluding steroid dienone is 2. The van der Waals surface area contributed by atoms with E-state index in [0.717, 1.165) is 11.3 Å². The molecule has 2 rings (SSSR count). The Labute approximate surface area is 78.0 Å². The van der Waals surface area contributed by atoms with Crippen LogP contribution in [0.1, 0.15) is 17.5 Å². The van der Waals surface area contributed by atoms with Gasteiger partial charge in [0.15, 0.2) is 0 Å². The lowest BCUT2D eigenvalue weighted by molar-refractivity contribution is 1.41. The average Bonchev–Trinajstić information content (AvgIpc) is 2.30. The summed E-state index contributed by atoms with van der Waals surface area (Å²) in [7, 11) is 0. The minimum Gasteiger partial charge on any atom is -0.143 e. The van der Waals surface area contributed by atoms with E-state index >= 15 is 0 Å². The molecule has 60 valence electrons. The maximum atomic E-state index is 4.40. The second kappa shape index (κ2) is 3.20. The number of hydrogen-bond donors (Lipinski definition) is 1. The summed E-state index contributed by atoms with van der Waals surface area (Å²) in [5.41, 5.74) is 2.49. The Morgan fingerprint density at radius 2 is 1.92 bits per heavy atom. The van der Waals surface area contributed by atoms with E-state index in [-0.39, 0.29) is 0 Å². The fraction of sp³-hybridized carbons (Fsp3) is 0.0909. The summed E-state index contributed by atoms with van der Waals surface area (Å²) in [5.74, 6) is 0. The lowest BCUT2D eigenvalue weighted by Crippen LogP contribution is -1.80. The van der Waals surface area contributed by atoms with E-state index in [2.05, 4.69) is 43.0 Å². The molecule has 0 unspecified atom stereocenters. The van der Waals surface area contributed by atoms with Crippen LogP contribution in [0.3, 0.4) is 0 Å². The van der Waals surface area contributed by atoms with Crippen LogP contribution in [0.4, 0.5) is 0 Å². The first-order chi connectivity index (χ1) is 5.88. The number of rotatable bonds is 0. The second-order valence-electron chi connectivity index (χ2n) is 2.82. The monoisotopic (exact) mass is 174 g/mol. The van der Waals surface area contributed by atoms with Crippen LogP contribution in [0.15, 0.2) is 35.2 Å². The van der Waals surface area contributed by atoms with Crippen molar-refractivity contribution in [2.45, 2.75) is 11.3 Å². The molecule has 0 heterocycles. The molecule has 0 aromatic heterocycles. The summed E-state index contributed by atoms with van der Waals surface area (Å²) in [6, 6.07) is 6.16. The fourth-order valence-corrected chi connectivity index (χ4v) is 1.65. The highest BCUT2D eigenvalue weighted by molar-refractivity contribution is 7.80. The van der Waals surface area contributed by atoms with Crippen LogP contribution in [0.5, 0.6) is 0 Å². The zero-order valence-corrected chi connectivity index (χ0v) is 7.59. The molecular formula is C11H10S. The number of fused-ring (bicyclic) bond motifs is 1. The first-order valence-electron chi connectivity index (χ1n) is 4.03. The molecule has 0 N–H and O–H groups in total. The Balaban J connectivity index is 2.65. The maximum Gasteiger partial charge on any atom is 0.0118 e. The molecule has 0 bridgehead atoms. The van der Waals surface area contributed by atoms with Gasteiger partial charge in [-0.2, -0.15) is 0 Å². The van der Waals surface area contributed by atoms with Crippen molar-refractivity contribution in [2.75, 3.05) is 0 Å². The van der Waals surface area contributed by atoms with Crippen LogP contribution in [0.2, 0.25) is 0 Å². The molecule has 1 aromatic rings. The Bertz CT molecular complexity index is 348. The molecule has 0 radical (unpaired) electrons. The predicted octanol–water partition coefficient (Wildman–Crippen LogP) is 3.41. The van der Waals surface area contributed by atoms with Gasteiger partial charge in [0.1, 0.15) is 0 Å². The molecule has 12 heavy (non-hydrogen) atoms. The number of benzene rings is 1. The smallest absolute Gasteiger partial charge is 0.0118 e. The third-order valence-electron chi connectivity index (χ3n) is 1.97. The van der Waals surface area contributed by atoms with E-state index in [0.29, 0.717) is 0 Å². The molecule has 0 aliphatic heterocycles. The molecule has 0 saturated carbocycles. The van der Waals surface area contributed by atoms with Crippen molar-refractivity contribution in [1.29, 1.82) is 0 Å². The molecular weight excluding hydrogens is 164 g/mol. The maximum absolute atomic E-state index is 4.40. The first kappa shape index (κ1) is 7.69. The average molecular weight is 174 g/mol. The Morgan fingerprint density at radius 1 is 1.08 bits per heavy atom. The Hall–Kier alpha value is -0.950. The summed E-state index contributed by atoms with van der Waals surface area (Å²) in [6.07, 6.45) is 9.62.